The molecule has 2 aromatic heterocycles. The lowest BCUT2D eigenvalue weighted by molar-refractivity contribution is -0.129. The number of nitrogens with one attached hydrogen (secondary N) is 1. The van der Waals surface area contributed by atoms with Gasteiger partial charge in [-0.15, -0.1) is 0 Å². The van der Waals surface area contributed by atoms with Crippen LogP contribution in [0.15, 0.2) is 18.5 Å². The maximum atomic E-state index is 11.8. The first-order valence-electron chi connectivity index (χ1n) is 5.84. The Kier molecular flexibility index (Phi) is 3.46. The summed E-state index contributed by atoms with van der Waals surface area (Å²) in [6.45, 7) is 1.78. The van der Waals surface area contributed by atoms with E-state index in [4.69, 9.17) is 5.73 Å². The zero-order valence-electron chi connectivity index (χ0n) is 11.1. The molecule has 100 valence electrons. The molecule has 2 heterocycles. The Morgan fingerprint density at radius 2 is 2.11 bits per heavy atom. The van der Waals surface area contributed by atoms with Crippen LogP contribution in [0.5, 0.6) is 0 Å². The first-order valence-corrected chi connectivity index (χ1v) is 5.84. The highest BCUT2D eigenvalue weighted by atomic mass is 16.2. The van der Waals surface area contributed by atoms with Crippen molar-refractivity contribution in [2.24, 2.45) is 0 Å². The third-order valence-electron chi connectivity index (χ3n) is 2.68. The van der Waals surface area contributed by atoms with E-state index in [1.165, 1.54) is 11.2 Å². The zero-order valence-corrected chi connectivity index (χ0v) is 11.1. The Hall–Kier alpha value is -2.44. The van der Waals surface area contributed by atoms with E-state index in [0.717, 1.165) is 5.39 Å². The summed E-state index contributed by atoms with van der Waals surface area (Å²) in [7, 11) is 3.42. The Bertz CT molecular complexity index is 612. The van der Waals surface area contributed by atoms with Crippen molar-refractivity contribution >= 4 is 28.6 Å². The molecule has 19 heavy (non-hydrogen) atoms. The highest BCUT2D eigenvalue weighted by Gasteiger charge is 2.16. The number of carbonyl (C=O) groups is 1. The highest BCUT2D eigenvalue weighted by Crippen LogP contribution is 2.19. The minimum absolute atomic E-state index is 0.0323. The van der Waals surface area contributed by atoms with Gasteiger partial charge in [0.2, 0.25) is 5.91 Å². The number of fused-ring (bicyclic) bond motifs is 1. The largest absolute Gasteiger partial charge is 0.384 e. The summed E-state index contributed by atoms with van der Waals surface area (Å²) in [6, 6.07) is 3.08. The summed E-state index contributed by atoms with van der Waals surface area (Å²) >= 11 is 0. The number of nitrogens with zero attached hydrogens (tertiary/aromatic N) is 4. The number of rotatable bonds is 3. The lowest BCUT2D eigenvalue weighted by Crippen LogP contribution is -2.36. The van der Waals surface area contributed by atoms with Crippen LogP contribution in [0.3, 0.4) is 0 Å². The van der Waals surface area contributed by atoms with E-state index in [1.807, 2.05) is 0 Å². The molecule has 2 rings (SSSR count). The monoisotopic (exact) mass is 260 g/mol. The van der Waals surface area contributed by atoms with Crippen LogP contribution in [0.4, 0.5) is 11.6 Å². The molecular formula is C12H16N6O. The van der Waals surface area contributed by atoms with E-state index in [1.54, 1.807) is 33.2 Å². The topological polar surface area (TPSA) is 97.0 Å². The lowest BCUT2D eigenvalue weighted by Gasteiger charge is -2.18. The molecule has 0 fully saturated rings. The van der Waals surface area contributed by atoms with E-state index >= 15 is 0 Å². The zero-order chi connectivity index (χ0) is 14.0. The molecule has 1 atom stereocenters. The second kappa shape index (κ2) is 5.05. The van der Waals surface area contributed by atoms with Gasteiger partial charge in [-0.1, -0.05) is 0 Å². The predicted octanol–water partition coefficient (Wildman–Crippen LogP) is 0.496. The molecule has 7 heteroatoms. The smallest absolute Gasteiger partial charge is 0.244 e. The average molecular weight is 260 g/mol. The van der Waals surface area contributed by atoms with Gasteiger partial charge in [0.1, 0.15) is 24.0 Å². The number of aromatic nitrogens is 3. The minimum atomic E-state index is -0.384. The van der Waals surface area contributed by atoms with E-state index < -0.39 is 0 Å². The Morgan fingerprint density at radius 3 is 2.79 bits per heavy atom. The first kappa shape index (κ1) is 13.0. The van der Waals surface area contributed by atoms with Crippen molar-refractivity contribution < 1.29 is 4.79 Å². The van der Waals surface area contributed by atoms with Gasteiger partial charge < -0.3 is 16.0 Å². The predicted molar refractivity (Wildman–Crippen MR) is 73.5 cm³/mol. The van der Waals surface area contributed by atoms with Gasteiger partial charge >= 0.3 is 0 Å². The Morgan fingerprint density at radius 1 is 1.37 bits per heavy atom. The van der Waals surface area contributed by atoms with Crippen molar-refractivity contribution in [2.45, 2.75) is 13.0 Å². The highest BCUT2D eigenvalue weighted by molar-refractivity contribution is 5.90. The molecule has 0 saturated heterocycles. The molecule has 3 N–H and O–H groups in total. The summed E-state index contributed by atoms with van der Waals surface area (Å²) in [6.07, 6.45) is 1.39. The lowest BCUT2D eigenvalue weighted by atomic mass is 10.2. The Labute approximate surface area is 110 Å². The molecule has 2 aromatic rings. The van der Waals surface area contributed by atoms with Gasteiger partial charge in [0.05, 0.1) is 5.39 Å². The van der Waals surface area contributed by atoms with E-state index in [0.29, 0.717) is 17.3 Å². The van der Waals surface area contributed by atoms with Crippen molar-refractivity contribution in [3.05, 3.63) is 18.5 Å². The summed E-state index contributed by atoms with van der Waals surface area (Å²) in [5.74, 6) is 0.935. The summed E-state index contributed by atoms with van der Waals surface area (Å²) in [4.78, 5) is 25.7. The first-order chi connectivity index (χ1) is 8.99. The normalized spacial score (nSPS) is 12.2. The van der Waals surface area contributed by atoms with E-state index in [9.17, 15) is 4.79 Å². The van der Waals surface area contributed by atoms with Crippen molar-refractivity contribution in [1.82, 2.24) is 19.9 Å². The molecule has 0 aliphatic carbocycles. The molecule has 0 aliphatic heterocycles. The maximum absolute atomic E-state index is 11.8. The van der Waals surface area contributed by atoms with Gasteiger partial charge in [0.25, 0.3) is 0 Å². The van der Waals surface area contributed by atoms with Gasteiger partial charge in [-0.2, -0.15) is 0 Å². The minimum Gasteiger partial charge on any atom is -0.384 e. The maximum Gasteiger partial charge on any atom is 0.244 e. The Balaban J connectivity index is 2.33. The van der Waals surface area contributed by atoms with Crippen LogP contribution in [-0.4, -0.2) is 45.9 Å². The van der Waals surface area contributed by atoms with Crippen molar-refractivity contribution in [3.8, 4) is 0 Å². The van der Waals surface area contributed by atoms with Crippen LogP contribution in [0.25, 0.3) is 11.0 Å². The van der Waals surface area contributed by atoms with Crippen LogP contribution in [0, 0.1) is 0 Å². The van der Waals surface area contributed by atoms with Crippen molar-refractivity contribution in [1.29, 1.82) is 0 Å². The number of carbonyl (C=O) groups excluding carboxylic acids is 1. The number of nitrogen functional groups attached to an aromatic ring is 1. The summed E-state index contributed by atoms with van der Waals surface area (Å²) < 4.78 is 0. The fraction of sp³-hybridized carbons (Fsp3) is 0.333. The van der Waals surface area contributed by atoms with Gasteiger partial charge in [0, 0.05) is 14.1 Å². The standard InChI is InChI=1S/C12H16N6O/c1-7(12(19)18(2)3)16-10-8-4-5-9(13)17-11(8)15-6-14-10/h4-7H,1-3H3,(H3,13,14,15,16,17)/t7-/m0/s1. The number of pyridine rings is 1. The average Bonchev–Trinajstić information content (AvgIpc) is 2.37. The number of hydrogen-bond donors (Lipinski definition) is 2. The molecule has 0 aliphatic rings. The van der Waals surface area contributed by atoms with E-state index in [-0.39, 0.29) is 11.9 Å². The quantitative estimate of drug-likeness (QED) is 0.834. The molecule has 0 aromatic carbocycles. The molecule has 1 amide bonds. The fourth-order valence-corrected chi connectivity index (χ4v) is 1.73. The fourth-order valence-electron chi connectivity index (χ4n) is 1.73. The van der Waals surface area contributed by atoms with E-state index in [2.05, 4.69) is 20.3 Å². The van der Waals surface area contributed by atoms with Crippen LogP contribution in [0.2, 0.25) is 0 Å². The number of likely N-dealkylation sites (N-methyl/N-ethyl adjacent to an activating group) is 1. The third-order valence-corrected chi connectivity index (χ3v) is 2.68. The van der Waals surface area contributed by atoms with Crippen molar-refractivity contribution in [3.63, 3.8) is 0 Å². The van der Waals surface area contributed by atoms with Gasteiger partial charge in [0.15, 0.2) is 5.65 Å². The molecule has 7 nitrogen and oxygen atoms in total. The van der Waals surface area contributed by atoms with Crippen LogP contribution < -0.4 is 11.1 Å². The van der Waals surface area contributed by atoms with Gasteiger partial charge in [-0.3, -0.25) is 4.79 Å². The number of hydrogen-bond acceptors (Lipinski definition) is 6. The van der Waals surface area contributed by atoms with Crippen LogP contribution in [-0.2, 0) is 4.79 Å². The van der Waals surface area contributed by atoms with Gasteiger partial charge in [-0.25, -0.2) is 15.0 Å². The van der Waals surface area contributed by atoms with Crippen LogP contribution >= 0.6 is 0 Å². The summed E-state index contributed by atoms with van der Waals surface area (Å²) in [5, 5.41) is 3.79. The molecule has 0 saturated carbocycles. The van der Waals surface area contributed by atoms with Gasteiger partial charge in [-0.05, 0) is 19.1 Å². The number of anilines is 2. The molecule has 0 bridgehead atoms. The van der Waals surface area contributed by atoms with Crippen LogP contribution in [0.1, 0.15) is 6.92 Å². The van der Waals surface area contributed by atoms with Crippen molar-refractivity contribution in [2.75, 3.05) is 25.1 Å². The number of nitrogens with two attached hydrogens (primary N) is 1. The summed E-state index contributed by atoms with van der Waals surface area (Å²) in [5.41, 5.74) is 6.11. The molecule has 0 spiro atoms. The number of amides is 1. The molecular weight excluding hydrogens is 244 g/mol. The SMILES string of the molecule is C[C@H](Nc1ncnc2nc(N)ccc12)C(=O)N(C)C. The molecule has 0 unspecified atom stereocenters. The second-order valence-corrected chi connectivity index (χ2v) is 4.43. The third kappa shape index (κ3) is 2.70. The second-order valence-electron chi connectivity index (χ2n) is 4.43. The molecule has 0 radical (unpaired) electrons.